The average molecular weight is 217 g/mol. The number of rotatable bonds is 7. The molecule has 0 aliphatic rings. The molecule has 1 atom stereocenters. The number of amides is 2. The van der Waals surface area contributed by atoms with Crippen molar-refractivity contribution in [2.24, 2.45) is 5.73 Å². The zero-order valence-corrected chi connectivity index (χ0v) is 8.45. The Bertz CT molecular complexity index is 254. The summed E-state index contributed by atoms with van der Waals surface area (Å²) < 4.78 is 0. The highest BCUT2D eigenvalue weighted by molar-refractivity contribution is 5.88. The van der Waals surface area contributed by atoms with E-state index >= 15 is 0 Å². The number of carbonyl (C=O) groups is 3. The van der Waals surface area contributed by atoms with E-state index in [0.717, 1.165) is 0 Å². The zero-order valence-electron chi connectivity index (χ0n) is 8.45. The summed E-state index contributed by atoms with van der Waals surface area (Å²) in [6, 6.07) is -1.24. The zero-order chi connectivity index (χ0) is 11.8. The van der Waals surface area contributed by atoms with E-state index in [2.05, 4.69) is 10.6 Å². The summed E-state index contributed by atoms with van der Waals surface area (Å²) in [6.45, 7) is 0.439. The highest BCUT2D eigenvalue weighted by Crippen LogP contribution is 1.92. The SMILES string of the molecule is CNCCC(=O)N[C@@H](CC(N)=O)C(=O)O. The molecule has 0 radical (unpaired) electrons. The molecule has 0 saturated carbocycles. The molecule has 0 aromatic heterocycles. The number of carbonyl (C=O) groups excluding carboxylic acids is 2. The summed E-state index contributed by atoms with van der Waals surface area (Å²) in [4.78, 5) is 32.2. The maximum Gasteiger partial charge on any atom is 0.326 e. The Labute approximate surface area is 87.0 Å². The Morgan fingerprint density at radius 2 is 2.00 bits per heavy atom. The molecule has 86 valence electrons. The second-order valence-corrected chi connectivity index (χ2v) is 2.98. The second-order valence-electron chi connectivity index (χ2n) is 2.98. The monoisotopic (exact) mass is 217 g/mol. The smallest absolute Gasteiger partial charge is 0.326 e. The Morgan fingerprint density at radius 3 is 2.40 bits per heavy atom. The topological polar surface area (TPSA) is 122 Å². The van der Waals surface area contributed by atoms with E-state index in [1.165, 1.54) is 0 Å². The van der Waals surface area contributed by atoms with Gasteiger partial charge in [0.2, 0.25) is 11.8 Å². The van der Waals surface area contributed by atoms with Crippen molar-refractivity contribution in [2.75, 3.05) is 13.6 Å². The molecule has 0 aliphatic carbocycles. The fraction of sp³-hybridized carbons (Fsp3) is 0.625. The summed E-state index contributed by atoms with van der Waals surface area (Å²) in [5.74, 6) is -2.47. The van der Waals surface area contributed by atoms with E-state index in [1.807, 2.05) is 0 Å². The van der Waals surface area contributed by atoms with Crippen LogP contribution < -0.4 is 16.4 Å². The third kappa shape index (κ3) is 6.44. The first kappa shape index (κ1) is 13.4. The van der Waals surface area contributed by atoms with E-state index in [-0.39, 0.29) is 6.42 Å². The summed E-state index contributed by atoms with van der Waals surface area (Å²) in [6.07, 6.45) is -0.250. The van der Waals surface area contributed by atoms with Crippen molar-refractivity contribution in [2.45, 2.75) is 18.9 Å². The van der Waals surface area contributed by atoms with Gasteiger partial charge >= 0.3 is 5.97 Å². The highest BCUT2D eigenvalue weighted by Gasteiger charge is 2.21. The maximum atomic E-state index is 11.1. The minimum absolute atomic E-state index is 0.152. The van der Waals surface area contributed by atoms with Crippen LogP contribution in [0.4, 0.5) is 0 Å². The normalized spacial score (nSPS) is 11.8. The average Bonchev–Trinajstić information content (AvgIpc) is 2.12. The van der Waals surface area contributed by atoms with Crippen LogP contribution in [0, 0.1) is 0 Å². The van der Waals surface area contributed by atoms with Crippen LogP contribution in [0.15, 0.2) is 0 Å². The number of primary amides is 1. The number of nitrogens with one attached hydrogen (secondary N) is 2. The van der Waals surface area contributed by atoms with Gasteiger partial charge in [-0.25, -0.2) is 4.79 Å². The molecule has 0 bridgehead atoms. The van der Waals surface area contributed by atoms with E-state index in [9.17, 15) is 14.4 Å². The predicted molar refractivity (Wildman–Crippen MR) is 51.9 cm³/mol. The molecule has 7 heteroatoms. The fourth-order valence-electron chi connectivity index (χ4n) is 0.906. The molecule has 0 aliphatic heterocycles. The van der Waals surface area contributed by atoms with Crippen LogP contribution in [0.3, 0.4) is 0 Å². The lowest BCUT2D eigenvalue weighted by Crippen LogP contribution is -2.43. The highest BCUT2D eigenvalue weighted by atomic mass is 16.4. The molecule has 0 aromatic rings. The summed E-state index contributed by atoms with van der Waals surface area (Å²) >= 11 is 0. The van der Waals surface area contributed by atoms with Crippen molar-refractivity contribution in [3.05, 3.63) is 0 Å². The number of aliphatic carboxylic acids is 1. The maximum absolute atomic E-state index is 11.1. The third-order valence-electron chi connectivity index (χ3n) is 1.64. The third-order valence-corrected chi connectivity index (χ3v) is 1.64. The minimum atomic E-state index is -1.27. The Hall–Kier alpha value is -1.63. The first-order chi connectivity index (χ1) is 6.97. The summed E-state index contributed by atoms with van der Waals surface area (Å²) in [5, 5.41) is 13.6. The van der Waals surface area contributed by atoms with E-state index < -0.39 is 30.2 Å². The lowest BCUT2D eigenvalue weighted by molar-refractivity contribution is -0.143. The number of carboxylic acid groups (broad SMARTS) is 1. The van der Waals surface area contributed by atoms with Gasteiger partial charge in [-0.05, 0) is 7.05 Å². The Kier molecular flexibility index (Phi) is 6.03. The molecule has 2 amide bonds. The van der Waals surface area contributed by atoms with Crippen LogP contribution in [-0.4, -0.2) is 42.5 Å². The van der Waals surface area contributed by atoms with Gasteiger partial charge in [0.25, 0.3) is 0 Å². The van der Waals surface area contributed by atoms with E-state index in [0.29, 0.717) is 6.54 Å². The molecule has 5 N–H and O–H groups in total. The largest absolute Gasteiger partial charge is 0.480 e. The standard InChI is InChI=1S/C8H15N3O4/c1-10-3-2-7(13)11-5(8(14)15)4-6(9)12/h5,10H,2-4H2,1H3,(H2,9,12)(H,11,13)(H,14,15)/t5-/m0/s1. The van der Waals surface area contributed by atoms with Gasteiger partial charge in [-0.2, -0.15) is 0 Å². The first-order valence-electron chi connectivity index (χ1n) is 4.42. The molecule has 0 unspecified atom stereocenters. The van der Waals surface area contributed by atoms with Crippen molar-refractivity contribution in [1.82, 2.24) is 10.6 Å². The van der Waals surface area contributed by atoms with Crippen molar-refractivity contribution in [3.63, 3.8) is 0 Å². The van der Waals surface area contributed by atoms with Gasteiger partial charge in [0.05, 0.1) is 6.42 Å². The van der Waals surface area contributed by atoms with Gasteiger partial charge in [-0.15, -0.1) is 0 Å². The molecule has 0 rings (SSSR count). The number of carboxylic acids is 1. The van der Waals surface area contributed by atoms with E-state index in [1.54, 1.807) is 7.05 Å². The van der Waals surface area contributed by atoms with Crippen LogP contribution in [0.2, 0.25) is 0 Å². The van der Waals surface area contributed by atoms with Gasteiger partial charge in [0.1, 0.15) is 6.04 Å². The molecule has 0 aromatic carbocycles. The number of hydrogen-bond donors (Lipinski definition) is 4. The Balaban J connectivity index is 4.10. The minimum Gasteiger partial charge on any atom is -0.480 e. The molecule has 0 heterocycles. The van der Waals surface area contributed by atoms with Crippen LogP contribution in [0.1, 0.15) is 12.8 Å². The van der Waals surface area contributed by atoms with Crippen LogP contribution in [-0.2, 0) is 14.4 Å². The second kappa shape index (κ2) is 6.77. The summed E-state index contributed by atoms with van der Waals surface area (Å²) in [7, 11) is 1.67. The van der Waals surface area contributed by atoms with E-state index in [4.69, 9.17) is 10.8 Å². The van der Waals surface area contributed by atoms with Gasteiger partial charge < -0.3 is 21.5 Å². The van der Waals surface area contributed by atoms with Crippen molar-refractivity contribution >= 4 is 17.8 Å². The first-order valence-corrected chi connectivity index (χ1v) is 4.42. The van der Waals surface area contributed by atoms with Gasteiger partial charge in [-0.1, -0.05) is 0 Å². The Morgan fingerprint density at radius 1 is 1.40 bits per heavy atom. The molecule has 0 spiro atoms. The van der Waals surface area contributed by atoms with Gasteiger partial charge in [-0.3, -0.25) is 9.59 Å². The molecule has 0 saturated heterocycles. The van der Waals surface area contributed by atoms with Crippen molar-refractivity contribution in [1.29, 1.82) is 0 Å². The van der Waals surface area contributed by atoms with Crippen LogP contribution >= 0.6 is 0 Å². The molecular formula is C8H15N3O4. The van der Waals surface area contributed by atoms with Gasteiger partial charge in [0, 0.05) is 13.0 Å². The van der Waals surface area contributed by atoms with Gasteiger partial charge in [0.15, 0.2) is 0 Å². The van der Waals surface area contributed by atoms with Crippen molar-refractivity contribution in [3.8, 4) is 0 Å². The predicted octanol–water partition coefficient (Wildman–Crippen LogP) is -1.96. The molecule has 7 nitrogen and oxygen atoms in total. The quantitative estimate of drug-likeness (QED) is 0.394. The lowest BCUT2D eigenvalue weighted by Gasteiger charge is -2.12. The summed E-state index contributed by atoms with van der Waals surface area (Å²) in [5.41, 5.74) is 4.84. The molecule has 15 heavy (non-hydrogen) atoms. The molecular weight excluding hydrogens is 202 g/mol. The number of nitrogens with two attached hydrogens (primary N) is 1. The number of hydrogen-bond acceptors (Lipinski definition) is 4. The molecule has 0 fully saturated rings. The van der Waals surface area contributed by atoms with Crippen LogP contribution in [0.25, 0.3) is 0 Å². The lowest BCUT2D eigenvalue weighted by atomic mass is 10.2. The van der Waals surface area contributed by atoms with Crippen molar-refractivity contribution < 1.29 is 19.5 Å². The van der Waals surface area contributed by atoms with Crippen LogP contribution in [0.5, 0.6) is 0 Å². The fourth-order valence-corrected chi connectivity index (χ4v) is 0.906.